The van der Waals surface area contributed by atoms with Gasteiger partial charge in [0, 0.05) is 10.5 Å². The highest BCUT2D eigenvalue weighted by Gasteiger charge is 2.34. The van der Waals surface area contributed by atoms with E-state index in [0.29, 0.717) is 0 Å². The van der Waals surface area contributed by atoms with E-state index in [9.17, 15) is 0 Å². The molecule has 12 heavy (non-hydrogen) atoms. The van der Waals surface area contributed by atoms with Gasteiger partial charge in [-0.15, -0.1) is 0 Å². The number of azide groups is 1. The zero-order valence-electron chi connectivity index (χ0n) is 8.76. The van der Waals surface area contributed by atoms with Crippen LogP contribution in [-0.4, -0.2) is 5.54 Å². The van der Waals surface area contributed by atoms with Crippen molar-refractivity contribution in [2.75, 3.05) is 0 Å². The molecule has 0 fully saturated rings. The Morgan fingerprint density at radius 1 is 1.25 bits per heavy atom. The summed E-state index contributed by atoms with van der Waals surface area (Å²) in [5.41, 5.74) is 8.18. The van der Waals surface area contributed by atoms with Gasteiger partial charge in [-0.05, 0) is 17.4 Å². The van der Waals surface area contributed by atoms with Gasteiger partial charge in [0.05, 0.1) is 0 Å². The number of hydrogen-bond donors (Lipinski definition) is 0. The standard InChI is InChI=1S/C9H19N3/c1-6-7-8(2,3)9(4,5)11-12-10/h6-7H2,1-5H3. The van der Waals surface area contributed by atoms with E-state index in [-0.39, 0.29) is 11.0 Å². The third-order valence-corrected chi connectivity index (χ3v) is 2.83. The van der Waals surface area contributed by atoms with Gasteiger partial charge in [0.1, 0.15) is 0 Å². The third-order valence-electron chi connectivity index (χ3n) is 2.83. The minimum absolute atomic E-state index is 0.0774. The molecule has 3 nitrogen and oxygen atoms in total. The maximum atomic E-state index is 8.39. The Kier molecular flexibility index (Phi) is 3.59. The van der Waals surface area contributed by atoms with Gasteiger partial charge in [0.25, 0.3) is 0 Å². The van der Waals surface area contributed by atoms with Crippen LogP contribution < -0.4 is 0 Å². The molecule has 0 rings (SSSR count). The molecule has 0 spiro atoms. The lowest BCUT2D eigenvalue weighted by molar-refractivity contribution is 0.184. The first-order valence-corrected chi connectivity index (χ1v) is 4.43. The van der Waals surface area contributed by atoms with Gasteiger partial charge in [0.15, 0.2) is 0 Å². The Hall–Kier alpha value is -0.690. The molecular formula is C9H19N3. The van der Waals surface area contributed by atoms with Crippen molar-refractivity contribution >= 4 is 0 Å². The number of rotatable bonds is 4. The summed E-state index contributed by atoms with van der Waals surface area (Å²) in [7, 11) is 0. The van der Waals surface area contributed by atoms with Gasteiger partial charge < -0.3 is 0 Å². The molecule has 0 unspecified atom stereocenters. The predicted molar refractivity (Wildman–Crippen MR) is 51.9 cm³/mol. The van der Waals surface area contributed by atoms with E-state index in [2.05, 4.69) is 30.8 Å². The van der Waals surface area contributed by atoms with Crippen LogP contribution in [0, 0.1) is 5.41 Å². The van der Waals surface area contributed by atoms with Crippen LogP contribution in [0.15, 0.2) is 5.11 Å². The lowest BCUT2D eigenvalue weighted by atomic mass is 9.72. The fourth-order valence-electron chi connectivity index (χ4n) is 1.18. The molecule has 0 N–H and O–H groups in total. The number of hydrogen-bond acceptors (Lipinski definition) is 1. The molecule has 0 saturated heterocycles. The fraction of sp³-hybridized carbons (Fsp3) is 1.00. The maximum absolute atomic E-state index is 8.39. The molecule has 0 aromatic heterocycles. The van der Waals surface area contributed by atoms with Crippen molar-refractivity contribution < 1.29 is 0 Å². The second-order valence-electron chi connectivity index (χ2n) is 4.38. The Morgan fingerprint density at radius 3 is 2.08 bits per heavy atom. The average molecular weight is 169 g/mol. The third kappa shape index (κ3) is 2.42. The molecule has 0 aliphatic rings. The summed E-state index contributed by atoms with van der Waals surface area (Å²) < 4.78 is 0. The summed E-state index contributed by atoms with van der Waals surface area (Å²) in [5.74, 6) is 0. The molecule has 0 aliphatic carbocycles. The molecule has 0 aromatic carbocycles. The van der Waals surface area contributed by atoms with Crippen molar-refractivity contribution in [3.63, 3.8) is 0 Å². The first-order valence-electron chi connectivity index (χ1n) is 4.43. The molecule has 0 atom stereocenters. The Bertz CT molecular complexity index is 188. The summed E-state index contributed by atoms with van der Waals surface area (Å²) >= 11 is 0. The second kappa shape index (κ2) is 3.81. The van der Waals surface area contributed by atoms with E-state index in [1.807, 2.05) is 13.8 Å². The molecule has 3 heteroatoms. The number of nitrogens with zero attached hydrogens (tertiary/aromatic N) is 3. The first kappa shape index (κ1) is 11.3. The molecule has 0 bridgehead atoms. The highest BCUT2D eigenvalue weighted by molar-refractivity contribution is 4.92. The molecule has 0 heterocycles. The van der Waals surface area contributed by atoms with Gasteiger partial charge in [-0.1, -0.05) is 46.2 Å². The highest BCUT2D eigenvalue weighted by atomic mass is 15.2. The van der Waals surface area contributed by atoms with Crippen molar-refractivity contribution in [2.24, 2.45) is 10.5 Å². The van der Waals surface area contributed by atoms with Crippen LogP contribution in [0.4, 0.5) is 0 Å². The van der Waals surface area contributed by atoms with Crippen molar-refractivity contribution in [3.8, 4) is 0 Å². The van der Waals surface area contributed by atoms with Gasteiger partial charge >= 0.3 is 0 Å². The lowest BCUT2D eigenvalue weighted by Crippen LogP contribution is -2.36. The van der Waals surface area contributed by atoms with E-state index >= 15 is 0 Å². The summed E-state index contributed by atoms with van der Waals surface area (Å²) in [5, 5.41) is 3.83. The smallest absolute Gasteiger partial charge is 0.0483 e. The molecule has 0 saturated carbocycles. The normalized spacial score (nSPS) is 12.4. The largest absolute Gasteiger partial charge is 0.0873 e. The summed E-state index contributed by atoms with van der Waals surface area (Å²) in [6.45, 7) is 10.4. The predicted octanol–water partition coefficient (Wildman–Crippen LogP) is 3.90. The van der Waals surface area contributed by atoms with Crippen LogP contribution in [0.25, 0.3) is 10.4 Å². The van der Waals surface area contributed by atoms with E-state index in [4.69, 9.17) is 5.53 Å². The average Bonchev–Trinajstić information content (AvgIpc) is 1.86. The van der Waals surface area contributed by atoms with Gasteiger partial charge in [-0.3, -0.25) is 0 Å². The van der Waals surface area contributed by atoms with Gasteiger partial charge in [-0.25, -0.2) is 0 Å². The summed E-state index contributed by atoms with van der Waals surface area (Å²) in [6, 6.07) is 0. The van der Waals surface area contributed by atoms with Gasteiger partial charge in [-0.2, -0.15) is 0 Å². The fourth-order valence-corrected chi connectivity index (χ4v) is 1.18. The molecule has 0 radical (unpaired) electrons. The van der Waals surface area contributed by atoms with Crippen molar-refractivity contribution in [2.45, 2.75) is 53.0 Å². The lowest BCUT2D eigenvalue weighted by Gasteiger charge is -2.37. The van der Waals surface area contributed by atoms with Crippen LogP contribution in [0.5, 0.6) is 0 Å². The van der Waals surface area contributed by atoms with E-state index < -0.39 is 0 Å². The van der Waals surface area contributed by atoms with Gasteiger partial charge in [0.2, 0.25) is 0 Å². The first-order chi connectivity index (χ1) is 5.37. The molecule has 0 aromatic rings. The zero-order chi connectivity index (χ0) is 9.83. The summed E-state index contributed by atoms with van der Waals surface area (Å²) in [4.78, 5) is 2.88. The summed E-state index contributed by atoms with van der Waals surface area (Å²) in [6.07, 6.45) is 2.20. The SMILES string of the molecule is CCCC(C)(C)C(C)(C)N=[N+]=[N-]. The topological polar surface area (TPSA) is 48.8 Å². The van der Waals surface area contributed by atoms with Crippen molar-refractivity contribution in [3.05, 3.63) is 10.4 Å². The van der Waals surface area contributed by atoms with E-state index in [0.717, 1.165) is 12.8 Å². The van der Waals surface area contributed by atoms with Crippen LogP contribution in [0.2, 0.25) is 0 Å². The molecular weight excluding hydrogens is 150 g/mol. The maximum Gasteiger partial charge on any atom is 0.0483 e. The van der Waals surface area contributed by atoms with Crippen LogP contribution in [0.1, 0.15) is 47.5 Å². The second-order valence-corrected chi connectivity index (χ2v) is 4.38. The van der Waals surface area contributed by atoms with E-state index in [1.54, 1.807) is 0 Å². The Balaban J connectivity index is 4.61. The minimum atomic E-state index is -0.294. The Labute approximate surface area is 74.8 Å². The van der Waals surface area contributed by atoms with Crippen LogP contribution >= 0.6 is 0 Å². The molecule has 70 valence electrons. The zero-order valence-corrected chi connectivity index (χ0v) is 8.76. The monoisotopic (exact) mass is 169 g/mol. The Morgan fingerprint density at radius 2 is 1.75 bits per heavy atom. The minimum Gasteiger partial charge on any atom is -0.0873 e. The van der Waals surface area contributed by atoms with Crippen LogP contribution in [0.3, 0.4) is 0 Å². The van der Waals surface area contributed by atoms with Crippen LogP contribution in [-0.2, 0) is 0 Å². The van der Waals surface area contributed by atoms with Crippen molar-refractivity contribution in [1.82, 2.24) is 0 Å². The highest BCUT2D eigenvalue weighted by Crippen LogP contribution is 2.37. The molecule has 0 aliphatic heterocycles. The van der Waals surface area contributed by atoms with E-state index in [1.165, 1.54) is 0 Å². The molecule has 0 amide bonds. The van der Waals surface area contributed by atoms with Crippen molar-refractivity contribution in [1.29, 1.82) is 0 Å². The quantitative estimate of drug-likeness (QED) is 0.348.